The molecule has 1 aromatic carbocycles. The highest BCUT2D eigenvalue weighted by Gasteiger charge is 2.26. The Morgan fingerprint density at radius 3 is 2.40 bits per heavy atom. The number of halogens is 2. The van der Waals surface area contributed by atoms with E-state index in [-0.39, 0.29) is 18.0 Å². The molecule has 1 aromatic heterocycles. The number of hydrogen-bond donors (Lipinski definition) is 2. The molecule has 1 saturated carbocycles. The van der Waals surface area contributed by atoms with Gasteiger partial charge in [0, 0.05) is 31.1 Å². The summed E-state index contributed by atoms with van der Waals surface area (Å²) in [7, 11) is 0. The number of pyridine rings is 1. The van der Waals surface area contributed by atoms with E-state index in [1.807, 2.05) is 12.1 Å². The Balaban J connectivity index is 1.50. The van der Waals surface area contributed by atoms with Gasteiger partial charge in [-0.2, -0.15) is 0 Å². The zero-order valence-corrected chi connectivity index (χ0v) is 16.9. The number of nitrogens with zero attached hydrogens (tertiary/aromatic N) is 2. The van der Waals surface area contributed by atoms with Gasteiger partial charge in [0.05, 0.1) is 5.69 Å². The number of carboxylic acids is 1. The van der Waals surface area contributed by atoms with Gasteiger partial charge >= 0.3 is 5.97 Å². The standard InChI is InChI=1S/C23H27F2N3O2/c24-18-13-16(20-6-3-7-21(27-20)26-17-4-1-2-5-17)14-19(25)23(18)28-10-8-15(9-11-28)12-22(29)30/h3,6-7,13-15,17H,1-2,4-5,8-12H2,(H,26,27)(H,29,30). The molecule has 2 aliphatic rings. The predicted octanol–water partition coefficient (Wildman–Crippen LogP) is 5.07. The minimum atomic E-state index is -0.827. The number of piperidine rings is 1. The van der Waals surface area contributed by atoms with Crippen molar-refractivity contribution in [1.29, 1.82) is 0 Å². The summed E-state index contributed by atoms with van der Waals surface area (Å²) < 4.78 is 29.8. The molecule has 2 fully saturated rings. The number of anilines is 2. The summed E-state index contributed by atoms with van der Waals surface area (Å²) in [6.07, 6.45) is 5.99. The van der Waals surface area contributed by atoms with E-state index in [1.165, 1.54) is 25.0 Å². The van der Waals surface area contributed by atoms with Crippen LogP contribution in [-0.2, 0) is 4.79 Å². The molecule has 1 aliphatic carbocycles. The molecule has 0 unspecified atom stereocenters. The minimum absolute atomic E-state index is 0.0345. The molecule has 1 saturated heterocycles. The third-order valence-electron chi connectivity index (χ3n) is 6.16. The van der Waals surface area contributed by atoms with Crippen LogP contribution in [0, 0.1) is 17.6 Å². The van der Waals surface area contributed by atoms with Crippen molar-refractivity contribution < 1.29 is 18.7 Å². The Morgan fingerprint density at radius 1 is 1.10 bits per heavy atom. The average Bonchev–Trinajstić information content (AvgIpc) is 3.21. The maximum atomic E-state index is 14.9. The van der Waals surface area contributed by atoms with Crippen molar-refractivity contribution in [2.75, 3.05) is 23.3 Å². The highest BCUT2D eigenvalue weighted by Crippen LogP contribution is 2.33. The van der Waals surface area contributed by atoms with E-state index in [4.69, 9.17) is 5.11 Å². The zero-order valence-electron chi connectivity index (χ0n) is 16.9. The maximum Gasteiger partial charge on any atom is 0.303 e. The molecule has 4 rings (SSSR count). The number of aliphatic carboxylic acids is 1. The Morgan fingerprint density at radius 2 is 1.77 bits per heavy atom. The number of benzene rings is 1. The van der Waals surface area contributed by atoms with Crippen molar-refractivity contribution in [2.45, 2.75) is 51.0 Å². The fourth-order valence-corrected chi connectivity index (χ4v) is 4.58. The first kappa shape index (κ1) is 20.6. The van der Waals surface area contributed by atoms with Gasteiger partial charge < -0.3 is 15.3 Å². The lowest BCUT2D eigenvalue weighted by molar-refractivity contribution is -0.138. The predicted molar refractivity (Wildman–Crippen MR) is 113 cm³/mol. The number of carboxylic acid groups (broad SMARTS) is 1. The van der Waals surface area contributed by atoms with E-state index in [0.717, 1.165) is 18.7 Å². The van der Waals surface area contributed by atoms with Crippen molar-refractivity contribution in [1.82, 2.24) is 4.98 Å². The van der Waals surface area contributed by atoms with Crippen LogP contribution in [0.1, 0.15) is 44.9 Å². The number of aromatic nitrogens is 1. The Hall–Kier alpha value is -2.70. The fourth-order valence-electron chi connectivity index (χ4n) is 4.58. The molecule has 1 aliphatic heterocycles. The second-order valence-electron chi connectivity index (χ2n) is 8.35. The van der Waals surface area contributed by atoms with Gasteiger partial charge in [-0.05, 0) is 55.9 Å². The van der Waals surface area contributed by atoms with Crippen molar-refractivity contribution >= 4 is 17.5 Å². The molecule has 0 atom stereocenters. The molecule has 0 radical (unpaired) electrons. The van der Waals surface area contributed by atoms with Crippen LogP contribution in [0.2, 0.25) is 0 Å². The summed E-state index contributed by atoms with van der Waals surface area (Å²) >= 11 is 0. The Kier molecular flexibility index (Phi) is 6.16. The molecule has 5 nitrogen and oxygen atoms in total. The van der Waals surface area contributed by atoms with Gasteiger partial charge in [0.2, 0.25) is 0 Å². The van der Waals surface area contributed by atoms with Crippen LogP contribution < -0.4 is 10.2 Å². The highest BCUT2D eigenvalue weighted by molar-refractivity contribution is 5.67. The number of hydrogen-bond acceptors (Lipinski definition) is 4. The number of carbonyl (C=O) groups is 1. The maximum absolute atomic E-state index is 14.9. The Labute approximate surface area is 175 Å². The Bertz CT molecular complexity index is 884. The molecule has 2 aromatic rings. The van der Waals surface area contributed by atoms with Crippen molar-refractivity contribution in [2.24, 2.45) is 5.92 Å². The summed E-state index contributed by atoms with van der Waals surface area (Å²) in [5, 5.41) is 12.3. The lowest BCUT2D eigenvalue weighted by Gasteiger charge is -2.33. The lowest BCUT2D eigenvalue weighted by Crippen LogP contribution is -2.35. The lowest BCUT2D eigenvalue weighted by atomic mass is 9.93. The topological polar surface area (TPSA) is 65.5 Å². The largest absolute Gasteiger partial charge is 0.481 e. The summed E-state index contributed by atoms with van der Waals surface area (Å²) in [5.74, 6) is -1.27. The van der Waals surface area contributed by atoms with Crippen LogP contribution in [0.4, 0.5) is 20.3 Å². The van der Waals surface area contributed by atoms with Crippen LogP contribution >= 0.6 is 0 Å². The van der Waals surface area contributed by atoms with Crippen molar-refractivity contribution in [3.63, 3.8) is 0 Å². The first-order valence-electron chi connectivity index (χ1n) is 10.7. The molecule has 160 valence electrons. The quantitative estimate of drug-likeness (QED) is 0.689. The first-order chi connectivity index (χ1) is 14.5. The fraction of sp³-hybridized carbons (Fsp3) is 0.478. The third-order valence-corrected chi connectivity index (χ3v) is 6.16. The van der Waals surface area contributed by atoms with E-state index >= 15 is 0 Å². The highest BCUT2D eigenvalue weighted by atomic mass is 19.1. The molecule has 0 amide bonds. The monoisotopic (exact) mass is 415 g/mol. The van der Waals surface area contributed by atoms with Gasteiger partial charge in [-0.15, -0.1) is 0 Å². The van der Waals surface area contributed by atoms with Crippen LogP contribution in [0.5, 0.6) is 0 Å². The third kappa shape index (κ3) is 4.71. The van der Waals surface area contributed by atoms with E-state index in [0.29, 0.717) is 43.2 Å². The van der Waals surface area contributed by atoms with Gasteiger partial charge in [-0.1, -0.05) is 18.9 Å². The van der Waals surface area contributed by atoms with Gasteiger partial charge in [0.25, 0.3) is 0 Å². The molecule has 2 N–H and O–H groups in total. The van der Waals surface area contributed by atoms with Crippen LogP contribution in [0.25, 0.3) is 11.3 Å². The van der Waals surface area contributed by atoms with Crippen molar-refractivity contribution in [3.8, 4) is 11.3 Å². The molecular formula is C23H27F2N3O2. The van der Waals surface area contributed by atoms with Gasteiger partial charge in [0.15, 0.2) is 0 Å². The van der Waals surface area contributed by atoms with Crippen LogP contribution in [0.3, 0.4) is 0 Å². The van der Waals surface area contributed by atoms with Crippen LogP contribution in [0.15, 0.2) is 30.3 Å². The molecule has 2 heterocycles. The molecule has 0 bridgehead atoms. The zero-order chi connectivity index (χ0) is 21.1. The van der Waals surface area contributed by atoms with E-state index in [9.17, 15) is 13.6 Å². The second-order valence-corrected chi connectivity index (χ2v) is 8.35. The summed E-state index contributed by atoms with van der Waals surface area (Å²) in [5.41, 5.74) is 0.903. The second kappa shape index (κ2) is 8.98. The van der Waals surface area contributed by atoms with Crippen molar-refractivity contribution in [3.05, 3.63) is 42.0 Å². The van der Waals surface area contributed by atoms with E-state index < -0.39 is 17.6 Å². The van der Waals surface area contributed by atoms with Crippen LogP contribution in [-0.4, -0.2) is 35.2 Å². The molecule has 7 heteroatoms. The number of nitrogens with one attached hydrogen (secondary N) is 1. The minimum Gasteiger partial charge on any atom is -0.481 e. The van der Waals surface area contributed by atoms with Gasteiger partial charge in [0.1, 0.15) is 23.1 Å². The summed E-state index contributed by atoms with van der Waals surface area (Å²) in [6, 6.07) is 8.56. The summed E-state index contributed by atoms with van der Waals surface area (Å²) in [4.78, 5) is 17.1. The first-order valence-corrected chi connectivity index (χ1v) is 10.7. The number of rotatable bonds is 6. The van der Waals surface area contributed by atoms with E-state index in [1.54, 1.807) is 11.0 Å². The average molecular weight is 415 g/mol. The molecule has 30 heavy (non-hydrogen) atoms. The van der Waals surface area contributed by atoms with E-state index in [2.05, 4.69) is 10.3 Å². The normalized spacial score (nSPS) is 18.0. The summed E-state index contributed by atoms with van der Waals surface area (Å²) in [6.45, 7) is 0.897. The molecular weight excluding hydrogens is 388 g/mol. The van der Waals surface area contributed by atoms with Gasteiger partial charge in [-0.3, -0.25) is 4.79 Å². The van der Waals surface area contributed by atoms with Gasteiger partial charge in [-0.25, -0.2) is 13.8 Å². The smallest absolute Gasteiger partial charge is 0.303 e. The molecule has 0 spiro atoms. The SMILES string of the molecule is O=C(O)CC1CCN(c2c(F)cc(-c3cccc(NC4CCCC4)n3)cc2F)CC1.